The summed E-state index contributed by atoms with van der Waals surface area (Å²) in [6, 6.07) is 3.50. The number of rotatable bonds is 4. The largest absolute Gasteiger partial charge is 0.473 e. The summed E-state index contributed by atoms with van der Waals surface area (Å²) in [4.78, 5) is 8.12. The Morgan fingerprint density at radius 2 is 1.90 bits per heavy atom. The maximum Gasteiger partial charge on any atom is 0.242 e. The average molecular weight is 327 g/mol. The first-order valence-electron chi connectivity index (χ1n) is 6.38. The van der Waals surface area contributed by atoms with Gasteiger partial charge in [0.2, 0.25) is 5.88 Å². The topological polar surface area (TPSA) is 73.1 Å². The molecule has 1 heterocycles. The zero-order chi connectivity index (χ0) is 15.6. The van der Waals surface area contributed by atoms with Gasteiger partial charge in [-0.25, -0.2) is 4.98 Å². The van der Waals surface area contributed by atoms with Crippen LogP contribution in [0, 0.1) is 6.92 Å². The van der Waals surface area contributed by atoms with Crippen molar-refractivity contribution in [2.24, 2.45) is 0 Å². The van der Waals surface area contributed by atoms with Crippen LogP contribution in [-0.2, 0) is 0 Å². The smallest absolute Gasteiger partial charge is 0.242 e. The third-order valence-corrected chi connectivity index (χ3v) is 3.42. The van der Waals surface area contributed by atoms with E-state index in [9.17, 15) is 0 Å². The molecule has 3 N–H and O–H groups in total. The highest BCUT2D eigenvalue weighted by Gasteiger charge is 2.13. The molecule has 5 nitrogen and oxygen atoms in total. The minimum atomic E-state index is -0.0348. The molecule has 2 aromatic rings. The summed E-state index contributed by atoms with van der Waals surface area (Å²) in [5.74, 6) is 0.749. The molecule has 0 aliphatic heterocycles. The van der Waals surface area contributed by atoms with Gasteiger partial charge in [-0.05, 0) is 38.5 Å². The maximum atomic E-state index is 6.19. The highest BCUT2D eigenvalue weighted by molar-refractivity contribution is 6.35. The molecule has 0 radical (unpaired) electrons. The molecule has 0 bridgehead atoms. The number of nitrogens with two attached hydrogens (primary N) is 1. The SMILES string of the molecule is Cc1cc(Cl)c(Nc2ncnc(OC(C)C)c2N)cc1Cl. The van der Waals surface area contributed by atoms with Crippen LogP contribution in [-0.4, -0.2) is 16.1 Å². The summed E-state index contributed by atoms with van der Waals surface area (Å²) in [7, 11) is 0. The van der Waals surface area contributed by atoms with Crippen LogP contribution in [0.1, 0.15) is 19.4 Å². The van der Waals surface area contributed by atoms with Crippen LogP contribution >= 0.6 is 23.2 Å². The fourth-order valence-corrected chi connectivity index (χ4v) is 2.09. The highest BCUT2D eigenvalue weighted by Crippen LogP contribution is 2.33. The van der Waals surface area contributed by atoms with Crippen LogP contribution in [0.2, 0.25) is 10.0 Å². The number of benzene rings is 1. The second-order valence-corrected chi connectivity index (χ2v) is 5.63. The van der Waals surface area contributed by atoms with Crippen molar-refractivity contribution >= 4 is 40.4 Å². The first kappa shape index (κ1) is 15.7. The first-order chi connectivity index (χ1) is 9.88. The van der Waals surface area contributed by atoms with E-state index in [-0.39, 0.29) is 6.10 Å². The van der Waals surface area contributed by atoms with Crippen LogP contribution < -0.4 is 15.8 Å². The number of hydrogen-bond donors (Lipinski definition) is 2. The number of halogens is 2. The monoisotopic (exact) mass is 326 g/mol. The van der Waals surface area contributed by atoms with Gasteiger partial charge in [0.15, 0.2) is 5.82 Å². The molecule has 21 heavy (non-hydrogen) atoms. The van der Waals surface area contributed by atoms with Crippen LogP contribution in [0.25, 0.3) is 0 Å². The van der Waals surface area contributed by atoms with Crippen molar-refractivity contribution in [2.75, 3.05) is 11.1 Å². The first-order valence-corrected chi connectivity index (χ1v) is 7.14. The number of nitrogens with one attached hydrogen (secondary N) is 1. The van der Waals surface area contributed by atoms with E-state index >= 15 is 0 Å². The van der Waals surface area contributed by atoms with Gasteiger partial charge in [0.05, 0.1) is 16.8 Å². The lowest BCUT2D eigenvalue weighted by molar-refractivity contribution is 0.234. The lowest BCUT2D eigenvalue weighted by atomic mass is 10.2. The quantitative estimate of drug-likeness (QED) is 0.880. The second-order valence-electron chi connectivity index (χ2n) is 4.81. The maximum absolute atomic E-state index is 6.19. The molecule has 0 aliphatic rings. The second kappa shape index (κ2) is 6.37. The third-order valence-electron chi connectivity index (χ3n) is 2.70. The van der Waals surface area contributed by atoms with E-state index in [1.54, 1.807) is 12.1 Å². The number of ether oxygens (including phenoxy) is 1. The average Bonchev–Trinajstić information content (AvgIpc) is 2.40. The Morgan fingerprint density at radius 1 is 1.19 bits per heavy atom. The van der Waals surface area contributed by atoms with Crippen LogP contribution in [0.5, 0.6) is 5.88 Å². The van der Waals surface area contributed by atoms with Crippen molar-refractivity contribution in [1.29, 1.82) is 0 Å². The molecule has 0 saturated carbocycles. The predicted molar refractivity (Wildman–Crippen MR) is 86.7 cm³/mol. The molecule has 0 fully saturated rings. The van der Waals surface area contributed by atoms with E-state index in [2.05, 4.69) is 15.3 Å². The van der Waals surface area contributed by atoms with E-state index in [1.807, 2.05) is 20.8 Å². The number of anilines is 3. The van der Waals surface area contributed by atoms with Crippen molar-refractivity contribution in [3.63, 3.8) is 0 Å². The lowest BCUT2D eigenvalue weighted by Gasteiger charge is -2.14. The molecule has 112 valence electrons. The number of aryl methyl sites for hydroxylation is 1. The Labute approximate surface area is 133 Å². The van der Waals surface area contributed by atoms with Gasteiger partial charge in [-0.1, -0.05) is 23.2 Å². The summed E-state index contributed by atoms with van der Waals surface area (Å²) < 4.78 is 5.52. The fourth-order valence-electron chi connectivity index (χ4n) is 1.67. The number of nitrogen functional groups attached to an aromatic ring is 1. The van der Waals surface area contributed by atoms with Crippen molar-refractivity contribution in [2.45, 2.75) is 26.9 Å². The molecule has 0 aliphatic carbocycles. The van der Waals surface area contributed by atoms with Gasteiger partial charge >= 0.3 is 0 Å². The van der Waals surface area contributed by atoms with E-state index in [1.165, 1.54) is 6.33 Å². The van der Waals surface area contributed by atoms with Gasteiger partial charge in [0.25, 0.3) is 0 Å². The van der Waals surface area contributed by atoms with Gasteiger partial charge in [0, 0.05) is 5.02 Å². The van der Waals surface area contributed by atoms with Crippen molar-refractivity contribution in [3.05, 3.63) is 34.1 Å². The van der Waals surface area contributed by atoms with Gasteiger partial charge in [-0.3, -0.25) is 0 Å². The molecule has 0 amide bonds. The number of nitrogens with zero attached hydrogens (tertiary/aromatic N) is 2. The summed E-state index contributed by atoms with van der Waals surface area (Å²) >= 11 is 12.3. The molecule has 0 atom stereocenters. The number of hydrogen-bond acceptors (Lipinski definition) is 5. The molecule has 0 unspecified atom stereocenters. The Hall–Kier alpha value is -1.72. The van der Waals surface area contributed by atoms with E-state index in [4.69, 9.17) is 33.7 Å². The third kappa shape index (κ3) is 3.68. The van der Waals surface area contributed by atoms with Gasteiger partial charge in [0.1, 0.15) is 12.0 Å². The van der Waals surface area contributed by atoms with Crippen molar-refractivity contribution in [1.82, 2.24) is 9.97 Å². The minimum absolute atomic E-state index is 0.0348. The Balaban J connectivity index is 2.34. The summed E-state index contributed by atoms with van der Waals surface area (Å²) in [6.45, 7) is 5.67. The van der Waals surface area contributed by atoms with E-state index in [0.717, 1.165) is 5.56 Å². The standard InChI is InChI=1S/C14H16Cl2N4O/c1-7(2)21-14-12(17)13(18-6-19-14)20-11-5-9(15)8(3)4-10(11)16/h4-7H,17H2,1-3H3,(H,18,19,20). The van der Waals surface area contributed by atoms with Crippen LogP contribution in [0.4, 0.5) is 17.2 Å². The van der Waals surface area contributed by atoms with Crippen molar-refractivity contribution in [3.8, 4) is 5.88 Å². The number of aromatic nitrogens is 2. The molecule has 1 aromatic heterocycles. The highest BCUT2D eigenvalue weighted by atomic mass is 35.5. The summed E-state index contributed by atoms with van der Waals surface area (Å²) in [6.07, 6.45) is 1.34. The summed E-state index contributed by atoms with van der Waals surface area (Å²) in [5.41, 5.74) is 7.84. The van der Waals surface area contributed by atoms with Crippen molar-refractivity contribution < 1.29 is 4.74 Å². The normalized spacial score (nSPS) is 10.8. The fraction of sp³-hybridized carbons (Fsp3) is 0.286. The lowest BCUT2D eigenvalue weighted by Crippen LogP contribution is -2.11. The van der Waals surface area contributed by atoms with Gasteiger partial charge in [-0.2, -0.15) is 4.98 Å². The summed E-state index contributed by atoms with van der Waals surface area (Å²) in [5, 5.41) is 4.18. The zero-order valence-electron chi connectivity index (χ0n) is 11.9. The van der Waals surface area contributed by atoms with Crippen LogP contribution in [0.3, 0.4) is 0 Å². The Kier molecular flexibility index (Phi) is 4.75. The Bertz CT molecular complexity index is 662. The molecule has 0 saturated heterocycles. The van der Waals surface area contributed by atoms with E-state index < -0.39 is 0 Å². The molecular formula is C14H16Cl2N4O. The van der Waals surface area contributed by atoms with Gasteiger partial charge < -0.3 is 15.8 Å². The molecule has 1 aromatic carbocycles. The zero-order valence-corrected chi connectivity index (χ0v) is 13.5. The van der Waals surface area contributed by atoms with E-state index in [0.29, 0.717) is 33.1 Å². The molecule has 2 rings (SSSR count). The predicted octanol–water partition coefficient (Wildman–Crippen LogP) is 4.20. The van der Waals surface area contributed by atoms with Gasteiger partial charge in [-0.15, -0.1) is 0 Å². The molecule has 7 heteroatoms. The Morgan fingerprint density at radius 3 is 2.57 bits per heavy atom. The minimum Gasteiger partial charge on any atom is -0.473 e. The molecular weight excluding hydrogens is 311 g/mol. The van der Waals surface area contributed by atoms with Crippen LogP contribution in [0.15, 0.2) is 18.5 Å². The molecule has 0 spiro atoms.